The van der Waals surface area contributed by atoms with Crippen LogP contribution >= 0.6 is 11.3 Å². The molecule has 186 valence electrons. The Kier molecular flexibility index (Phi) is 6.27. The van der Waals surface area contributed by atoms with Crippen LogP contribution in [0.25, 0.3) is 21.3 Å². The zero-order chi connectivity index (χ0) is 24.6. The Hall–Kier alpha value is -3.16. The van der Waals surface area contributed by atoms with Crippen molar-refractivity contribution < 1.29 is 9.47 Å². The Morgan fingerprint density at radius 2 is 2.03 bits per heavy atom. The lowest BCUT2D eigenvalue weighted by molar-refractivity contribution is 0.243. The minimum atomic E-state index is 0.0727. The van der Waals surface area contributed by atoms with Crippen LogP contribution in [0.4, 0.5) is 11.6 Å². The van der Waals surface area contributed by atoms with Gasteiger partial charge in [-0.1, -0.05) is 24.3 Å². The number of rotatable bonds is 6. The Morgan fingerprint density at radius 3 is 2.86 bits per heavy atom. The average molecular weight is 501 g/mol. The number of nitrogens with zero attached hydrogens (tertiary/aromatic N) is 2. The average Bonchev–Trinajstić information content (AvgIpc) is 3.49. The normalized spacial score (nSPS) is 15.8. The molecular formula is C29H32N4O2S. The van der Waals surface area contributed by atoms with Crippen molar-refractivity contribution in [2.24, 2.45) is 0 Å². The molecule has 2 N–H and O–H groups in total. The predicted molar refractivity (Wildman–Crippen MR) is 147 cm³/mol. The maximum Gasteiger partial charge on any atom is 0.227 e. The van der Waals surface area contributed by atoms with Crippen LogP contribution in [0.15, 0.2) is 42.6 Å². The van der Waals surface area contributed by atoms with E-state index in [1.165, 1.54) is 16.0 Å². The number of thiophene rings is 1. The van der Waals surface area contributed by atoms with E-state index in [-0.39, 0.29) is 6.10 Å². The number of ether oxygens (including phenoxy) is 2. The number of aryl methyl sites for hydroxylation is 1. The van der Waals surface area contributed by atoms with E-state index < -0.39 is 0 Å². The molecule has 0 amide bonds. The zero-order valence-corrected chi connectivity index (χ0v) is 21.9. The number of nitrogens with one attached hydrogen (secondary N) is 2. The molecule has 0 bridgehead atoms. The van der Waals surface area contributed by atoms with Gasteiger partial charge >= 0.3 is 0 Å². The standard InChI is InChI=1S/C29H32N4O2S/c1-17(2)35-24-15-21(19-9-12-30-13-10-19)7-8-23(24)32-29-31-16-25-27(33-29)26(18(3)36-25)22-6-4-5-20-11-14-34-28(20)22/h4-8,15-17,19,30H,9-14H2,1-3H3,(H,31,32,33). The molecule has 1 fully saturated rings. The second kappa shape index (κ2) is 9.71. The van der Waals surface area contributed by atoms with E-state index in [4.69, 9.17) is 14.5 Å². The molecule has 2 aromatic heterocycles. The van der Waals surface area contributed by atoms with Gasteiger partial charge in [0.05, 0.1) is 34.8 Å². The highest BCUT2D eigenvalue weighted by Gasteiger charge is 2.23. The molecule has 7 heteroatoms. The molecule has 0 unspecified atom stereocenters. The predicted octanol–water partition coefficient (Wildman–Crippen LogP) is 6.60. The van der Waals surface area contributed by atoms with Crippen LogP contribution in [-0.2, 0) is 6.42 Å². The van der Waals surface area contributed by atoms with Crippen LogP contribution in [0.1, 0.15) is 48.6 Å². The molecule has 0 radical (unpaired) electrons. The lowest BCUT2D eigenvalue weighted by atomic mass is 9.90. The lowest BCUT2D eigenvalue weighted by Gasteiger charge is -2.24. The van der Waals surface area contributed by atoms with Gasteiger partial charge in [0.25, 0.3) is 0 Å². The van der Waals surface area contributed by atoms with E-state index in [9.17, 15) is 0 Å². The summed E-state index contributed by atoms with van der Waals surface area (Å²) in [5.74, 6) is 2.97. The van der Waals surface area contributed by atoms with E-state index in [2.05, 4.69) is 72.8 Å². The maximum absolute atomic E-state index is 6.24. The highest BCUT2D eigenvalue weighted by molar-refractivity contribution is 7.19. The molecule has 0 spiro atoms. The number of para-hydroxylation sites is 1. The van der Waals surface area contributed by atoms with Crippen molar-refractivity contribution in [3.05, 3.63) is 58.6 Å². The molecule has 0 atom stereocenters. The van der Waals surface area contributed by atoms with Gasteiger partial charge in [-0.25, -0.2) is 9.97 Å². The van der Waals surface area contributed by atoms with Crippen molar-refractivity contribution >= 4 is 33.2 Å². The number of hydrogen-bond donors (Lipinski definition) is 2. The highest BCUT2D eigenvalue weighted by Crippen LogP contribution is 2.44. The monoisotopic (exact) mass is 500 g/mol. The lowest BCUT2D eigenvalue weighted by Crippen LogP contribution is -2.26. The molecule has 4 heterocycles. The summed E-state index contributed by atoms with van der Waals surface area (Å²) in [4.78, 5) is 10.9. The maximum atomic E-state index is 6.24. The van der Waals surface area contributed by atoms with Crippen LogP contribution < -0.4 is 20.1 Å². The van der Waals surface area contributed by atoms with Gasteiger partial charge in [-0.3, -0.25) is 0 Å². The van der Waals surface area contributed by atoms with Crippen LogP contribution in [0.2, 0.25) is 0 Å². The molecule has 6 rings (SSSR count). The SMILES string of the molecule is Cc1sc2cnc(Nc3ccc(C4CCNCC4)cc3OC(C)C)nc2c1-c1cccc2c1OCC2. The summed E-state index contributed by atoms with van der Waals surface area (Å²) in [5.41, 5.74) is 6.70. The summed E-state index contributed by atoms with van der Waals surface area (Å²) in [6.07, 6.45) is 5.26. The van der Waals surface area contributed by atoms with Crippen molar-refractivity contribution in [2.75, 3.05) is 25.0 Å². The Balaban J connectivity index is 1.37. The molecule has 1 saturated heterocycles. The zero-order valence-electron chi connectivity index (χ0n) is 21.1. The molecule has 36 heavy (non-hydrogen) atoms. The number of benzene rings is 2. The van der Waals surface area contributed by atoms with Crippen molar-refractivity contribution in [2.45, 2.75) is 52.1 Å². The van der Waals surface area contributed by atoms with Gasteiger partial charge in [0.15, 0.2) is 0 Å². The molecular weight excluding hydrogens is 468 g/mol. The van der Waals surface area contributed by atoms with Crippen LogP contribution in [-0.4, -0.2) is 35.8 Å². The third-order valence-electron chi connectivity index (χ3n) is 7.02. The summed E-state index contributed by atoms with van der Waals surface area (Å²) >= 11 is 1.73. The van der Waals surface area contributed by atoms with Gasteiger partial charge in [0, 0.05) is 22.4 Å². The van der Waals surface area contributed by atoms with E-state index >= 15 is 0 Å². The summed E-state index contributed by atoms with van der Waals surface area (Å²) in [7, 11) is 0. The first-order valence-corrected chi connectivity index (χ1v) is 13.7. The Bertz CT molecular complexity index is 1410. The molecule has 0 aliphatic carbocycles. The van der Waals surface area contributed by atoms with Gasteiger partial charge in [-0.2, -0.15) is 0 Å². The van der Waals surface area contributed by atoms with Gasteiger partial charge in [-0.15, -0.1) is 11.3 Å². The van der Waals surface area contributed by atoms with Crippen molar-refractivity contribution in [1.29, 1.82) is 0 Å². The van der Waals surface area contributed by atoms with Crippen LogP contribution in [0, 0.1) is 6.92 Å². The summed E-state index contributed by atoms with van der Waals surface area (Å²) in [6, 6.07) is 12.9. The fourth-order valence-electron chi connectivity index (χ4n) is 5.32. The summed E-state index contributed by atoms with van der Waals surface area (Å²) in [6.45, 7) is 9.14. The number of piperidine rings is 1. The van der Waals surface area contributed by atoms with Crippen molar-refractivity contribution in [1.82, 2.24) is 15.3 Å². The third kappa shape index (κ3) is 4.42. The smallest absolute Gasteiger partial charge is 0.227 e. The molecule has 6 nitrogen and oxygen atoms in total. The van der Waals surface area contributed by atoms with Crippen molar-refractivity contribution in [3.63, 3.8) is 0 Å². The quantitative estimate of drug-likeness (QED) is 0.311. The second-order valence-corrected chi connectivity index (χ2v) is 11.2. The largest absolute Gasteiger partial charge is 0.492 e. The minimum absolute atomic E-state index is 0.0727. The van der Waals surface area contributed by atoms with E-state index in [1.54, 1.807) is 11.3 Å². The van der Waals surface area contributed by atoms with Gasteiger partial charge in [0.2, 0.25) is 5.95 Å². The summed E-state index contributed by atoms with van der Waals surface area (Å²) in [5, 5.41) is 6.91. The van der Waals surface area contributed by atoms with E-state index in [1.807, 2.05) is 6.20 Å². The van der Waals surface area contributed by atoms with Gasteiger partial charge < -0.3 is 20.1 Å². The third-order valence-corrected chi connectivity index (χ3v) is 8.05. The molecule has 2 aromatic carbocycles. The number of hydrogen-bond acceptors (Lipinski definition) is 7. The Morgan fingerprint density at radius 1 is 1.17 bits per heavy atom. The van der Waals surface area contributed by atoms with E-state index in [0.29, 0.717) is 11.9 Å². The first-order chi connectivity index (χ1) is 17.6. The number of aromatic nitrogens is 2. The topological polar surface area (TPSA) is 68.3 Å². The van der Waals surface area contributed by atoms with Crippen molar-refractivity contribution in [3.8, 4) is 22.6 Å². The number of anilines is 2. The highest BCUT2D eigenvalue weighted by atomic mass is 32.1. The molecule has 4 aromatic rings. The number of fused-ring (bicyclic) bond motifs is 2. The second-order valence-electron chi connectivity index (χ2n) is 9.90. The first kappa shape index (κ1) is 23.3. The molecule has 0 saturated carbocycles. The van der Waals surface area contributed by atoms with E-state index in [0.717, 1.165) is 77.5 Å². The van der Waals surface area contributed by atoms with Gasteiger partial charge in [-0.05, 0) is 75.9 Å². The van der Waals surface area contributed by atoms with Gasteiger partial charge in [0.1, 0.15) is 11.5 Å². The minimum Gasteiger partial charge on any atom is -0.492 e. The summed E-state index contributed by atoms with van der Waals surface area (Å²) < 4.78 is 13.3. The molecule has 2 aliphatic heterocycles. The first-order valence-electron chi connectivity index (χ1n) is 12.9. The fourth-order valence-corrected chi connectivity index (χ4v) is 6.31. The Labute approximate surface area is 216 Å². The van der Waals surface area contributed by atoms with Crippen LogP contribution in [0.3, 0.4) is 0 Å². The fraction of sp³-hybridized carbons (Fsp3) is 0.379. The molecule has 2 aliphatic rings. The van der Waals surface area contributed by atoms with Crippen LogP contribution in [0.5, 0.6) is 11.5 Å².